The van der Waals surface area contributed by atoms with Crippen molar-refractivity contribution in [3.8, 4) is 5.88 Å². The minimum Gasteiger partial charge on any atom is -0.475 e. The maximum absolute atomic E-state index is 12.2. The van der Waals surface area contributed by atoms with Crippen LogP contribution in [0.1, 0.15) is 26.7 Å². The standard InChI is InChI=1S/C16H25N5O3/c1-4-5-11(22)9-24-13-6-12-14(15(17)19-13)20-16(23)21(12)8-10(2)7-18-3/h6-7,11,18,22H,4-5,8-9H2,1-3H3,(H2,17,19)(H,20,23)/b10-7+. The lowest BCUT2D eigenvalue weighted by molar-refractivity contribution is 0.0971. The van der Waals surface area contributed by atoms with Gasteiger partial charge >= 0.3 is 5.69 Å². The molecule has 2 heterocycles. The van der Waals surface area contributed by atoms with Gasteiger partial charge in [-0.2, -0.15) is 4.98 Å². The lowest BCUT2D eigenvalue weighted by Gasteiger charge is -2.11. The Kier molecular flexibility index (Phi) is 5.86. The fourth-order valence-electron chi connectivity index (χ4n) is 2.52. The van der Waals surface area contributed by atoms with Crippen molar-refractivity contribution in [2.45, 2.75) is 39.3 Å². The number of pyridine rings is 1. The van der Waals surface area contributed by atoms with E-state index in [1.54, 1.807) is 17.7 Å². The molecule has 132 valence electrons. The van der Waals surface area contributed by atoms with Gasteiger partial charge in [0.25, 0.3) is 0 Å². The molecule has 2 aromatic heterocycles. The molecule has 0 aliphatic heterocycles. The van der Waals surface area contributed by atoms with Crippen molar-refractivity contribution >= 4 is 16.9 Å². The second kappa shape index (κ2) is 7.87. The zero-order valence-electron chi connectivity index (χ0n) is 14.3. The monoisotopic (exact) mass is 335 g/mol. The molecule has 0 aliphatic carbocycles. The van der Waals surface area contributed by atoms with Crippen molar-refractivity contribution in [3.63, 3.8) is 0 Å². The van der Waals surface area contributed by atoms with E-state index in [2.05, 4.69) is 15.3 Å². The quantitative estimate of drug-likeness (QED) is 0.571. The van der Waals surface area contributed by atoms with Crippen LogP contribution in [0.4, 0.5) is 5.82 Å². The Labute approximate surface area is 140 Å². The van der Waals surface area contributed by atoms with Gasteiger partial charge < -0.3 is 25.9 Å². The molecular weight excluding hydrogens is 310 g/mol. The van der Waals surface area contributed by atoms with Gasteiger partial charge in [0.2, 0.25) is 5.88 Å². The first-order valence-corrected chi connectivity index (χ1v) is 7.99. The van der Waals surface area contributed by atoms with Gasteiger partial charge in [0, 0.05) is 13.1 Å². The smallest absolute Gasteiger partial charge is 0.326 e. The fourth-order valence-corrected chi connectivity index (χ4v) is 2.52. The number of nitrogens with two attached hydrogens (primary N) is 1. The molecule has 0 saturated heterocycles. The first-order chi connectivity index (χ1) is 11.5. The summed E-state index contributed by atoms with van der Waals surface area (Å²) in [5, 5.41) is 12.7. The van der Waals surface area contributed by atoms with E-state index < -0.39 is 6.10 Å². The van der Waals surface area contributed by atoms with Gasteiger partial charge in [-0.15, -0.1) is 0 Å². The van der Waals surface area contributed by atoms with Crippen LogP contribution in [0.3, 0.4) is 0 Å². The molecule has 0 spiro atoms. The van der Waals surface area contributed by atoms with Crippen molar-refractivity contribution in [2.24, 2.45) is 0 Å². The van der Waals surface area contributed by atoms with E-state index in [1.165, 1.54) is 0 Å². The second-order valence-corrected chi connectivity index (χ2v) is 5.79. The SMILES string of the molecule is CCCC(O)COc1cc2c([nH]c(=O)n2C/C(C)=C/NC)c(N)n1. The summed E-state index contributed by atoms with van der Waals surface area (Å²) in [4.78, 5) is 19.0. The summed E-state index contributed by atoms with van der Waals surface area (Å²) in [6.45, 7) is 4.47. The molecule has 0 amide bonds. The summed E-state index contributed by atoms with van der Waals surface area (Å²) < 4.78 is 7.10. The molecule has 5 N–H and O–H groups in total. The largest absolute Gasteiger partial charge is 0.475 e. The van der Waals surface area contributed by atoms with Crippen LogP contribution in [0, 0.1) is 0 Å². The summed E-state index contributed by atoms with van der Waals surface area (Å²) in [6.07, 6.45) is 2.80. The van der Waals surface area contributed by atoms with Crippen LogP contribution in [-0.4, -0.2) is 39.4 Å². The van der Waals surface area contributed by atoms with Crippen LogP contribution >= 0.6 is 0 Å². The average molecular weight is 335 g/mol. The molecular formula is C16H25N5O3. The molecule has 2 aromatic rings. The number of nitrogen functional groups attached to an aromatic ring is 1. The molecule has 1 atom stereocenters. The molecule has 8 nitrogen and oxygen atoms in total. The molecule has 0 aliphatic rings. The fraction of sp³-hybridized carbons (Fsp3) is 0.500. The highest BCUT2D eigenvalue weighted by atomic mass is 16.5. The van der Waals surface area contributed by atoms with Gasteiger partial charge in [0.1, 0.15) is 12.1 Å². The number of fused-ring (bicyclic) bond motifs is 1. The number of allylic oxidation sites excluding steroid dienone is 1. The van der Waals surface area contributed by atoms with Crippen LogP contribution in [0.2, 0.25) is 0 Å². The van der Waals surface area contributed by atoms with E-state index in [-0.39, 0.29) is 24.0 Å². The number of hydrogen-bond acceptors (Lipinski definition) is 6. The molecule has 8 heteroatoms. The Morgan fingerprint density at radius 1 is 1.62 bits per heavy atom. The van der Waals surface area contributed by atoms with E-state index >= 15 is 0 Å². The summed E-state index contributed by atoms with van der Waals surface area (Å²) in [5.41, 5.74) is 7.76. The molecule has 0 fully saturated rings. The van der Waals surface area contributed by atoms with Crippen molar-refractivity contribution in [2.75, 3.05) is 19.4 Å². The molecule has 0 radical (unpaired) electrons. The van der Waals surface area contributed by atoms with Gasteiger partial charge in [-0.3, -0.25) is 4.57 Å². The zero-order chi connectivity index (χ0) is 17.7. The van der Waals surface area contributed by atoms with Gasteiger partial charge in [-0.1, -0.05) is 13.3 Å². The zero-order valence-corrected chi connectivity index (χ0v) is 14.3. The van der Waals surface area contributed by atoms with Gasteiger partial charge in [0.15, 0.2) is 5.82 Å². The number of imidazole rings is 1. The summed E-state index contributed by atoms with van der Waals surface area (Å²) in [5.74, 6) is 0.483. The number of nitrogens with zero attached hydrogens (tertiary/aromatic N) is 2. The van der Waals surface area contributed by atoms with Crippen LogP contribution in [0.5, 0.6) is 5.88 Å². The maximum atomic E-state index is 12.2. The number of anilines is 1. The third-order valence-corrected chi connectivity index (χ3v) is 3.61. The number of ether oxygens (including phenoxy) is 1. The van der Waals surface area contributed by atoms with Crippen molar-refractivity contribution in [1.82, 2.24) is 19.9 Å². The Bertz CT molecular complexity index is 778. The van der Waals surface area contributed by atoms with Crippen LogP contribution in [0.25, 0.3) is 11.0 Å². The minimum atomic E-state index is -0.553. The topological polar surface area (TPSA) is 118 Å². The molecule has 24 heavy (non-hydrogen) atoms. The summed E-state index contributed by atoms with van der Waals surface area (Å²) in [7, 11) is 1.80. The van der Waals surface area contributed by atoms with Crippen molar-refractivity contribution in [1.29, 1.82) is 0 Å². The molecule has 1 unspecified atom stereocenters. The lowest BCUT2D eigenvalue weighted by Crippen LogP contribution is -2.18. The van der Waals surface area contributed by atoms with E-state index in [4.69, 9.17) is 10.5 Å². The summed E-state index contributed by atoms with van der Waals surface area (Å²) in [6, 6.07) is 1.66. The molecule has 0 bridgehead atoms. The third-order valence-electron chi connectivity index (χ3n) is 3.61. The van der Waals surface area contributed by atoms with Crippen molar-refractivity contribution < 1.29 is 9.84 Å². The number of aliphatic hydroxyl groups is 1. The van der Waals surface area contributed by atoms with Gasteiger partial charge in [-0.05, 0) is 25.1 Å². The number of nitrogens with one attached hydrogen (secondary N) is 2. The number of aromatic nitrogens is 3. The second-order valence-electron chi connectivity index (χ2n) is 5.79. The van der Waals surface area contributed by atoms with Crippen LogP contribution in [0.15, 0.2) is 22.6 Å². The number of H-pyrrole nitrogens is 1. The average Bonchev–Trinajstić information content (AvgIpc) is 2.83. The Morgan fingerprint density at radius 3 is 3.04 bits per heavy atom. The van der Waals surface area contributed by atoms with Gasteiger partial charge in [0.05, 0.1) is 18.2 Å². The number of aromatic amines is 1. The first-order valence-electron chi connectivity index (χ1n) is 7.99. The predicted octanol–water partition coefficient (Wildman–Crippen LogP) is 0.970. The highest BCUT2D eigenvalue weighted by Crippen LogP contribution is 2.22. The number of aliphatic hydroxyl groups excluding tert-OH is 1. The molecule has 0 saturated carbocycles. The van der Waals surface area contributed by atoms with Crippen molar-refractivity contribution in [3.05, 3.63) is 28.3 Å². The first kappa shape index (κ1) is 17.9. The van der Waals surface area contributed by atoms with E-state index in [0.717, 1.165) is 12.0 Å². The Balaban J connectivity index is 2.33. The normalized spacial score (nSPS) is 13.2. The highest BCUT2D eigenvalue weighted by Gasteiger charge is 2.14. The summed E-state index contributed by atoms with van der Waals surface area (Å²) >= 11 is 0. The van der Waals surface area contributed by atoms with Crippen LogP contribution in [-0.2, 0) is 6.54 Å². The van der Waals surface area contributed by atoms with Crippen LogP contribution < -0.4 is 21.5 Å². The minimum absolute atomic E-state index is 0.138. The number of hydrogen-bond donors (Lipinski definition) is 4. The molecule has 0 aromatic carbocycles. The lowest BCUT2D eigenvalue weighted by atomic mass is 10.2. The van der Waals surface area contributed by atoms with E-state index in [1.807, 2.05) is 20.0 Å². The maximum Gasteiger partial charge on any atom is 0.326 e. The van der Waals surface area contributed by atoms with Gasteiger partial charge in [-0.25, -0.2) is 4.79 Å². The highest BCUT2D eigenvalue weighted by molar-refractivity contribution is 5.85. The Hall–Kier alpha value is -2.48. The predicted molar refractivity (Wildman–Crippen MR) is 94.0 cm³/mol. The Morgan fingerprint density at radius 2 is 2.38 bits per heavy atom. The van der Waals surface area contributed by atoms with E-state index in [9.17, 15) is 9.90 Å². The van der Waals surface area contributed by atoms with E-state index in [0.29, 0.717) is 24.0 Å². The number of rotatable bonds is 8. The molecule has 2 rings (SSSR count). The third kappa shape index (κ3) is 4.08.